The Labute approximate surface area is 226 Å². The Morgan fingerprint density at radius 2 is 1.90 bits per heavy atom. The second-order valence-corrected chi connectivity index (χ2v) is 10.1. The Kier molecular flexibility index (Phi) is 6.76. The molecule has 1 fully saturated rings. The number of piperazine rings is 1. The van der Waals surface area contributed by atoms with Crippen LogP contribution in [-0.2, 0) is 13.6 Å². The van der Waals surface area contributed by atoms with Gasteiger partial charge in [0.05, 0.1) is 35.3 Å². The minimum atomic E-state index is -0.240. The van der Waals surface area contributed by atoms with Gasteiger partial charge in [0.15, 0.2) is 0 Å². The number of carbonyl (C=O) groups is 1. The summed E-state index contributed by atoms with van der Waals surface area (Å²) < 4.78 is 11.5. The molecule has 1 aromatic carbocycles. The first-order chi connectivity index (χ1) is 18.9. The molecule has 11 heteroatoms. The molecule has 0 saturated carbocycles. The topological polar surface area (TPSA) is 97.8 Å². The highest BCUT2D eigenvalue weighted by Gasteiger charge is 2.18. The van der Waals surface area contributed by atoms with E-state index in [1.165, 1.54) is 0 Å². The second-order valence-electron chi connectivity index (χ2n) is 10.1. The predicted octanol–water partition coefficient (Wildman–Crippen LogP) is 2.65. The van der Waals surface area contributed by atoms with Crippen LogP contribution in [0.4, 0.5) is 5.69 Å². The predicted molar refractivity (Wildman–Crippen MR) is 149 cm³/mol. The second kappa shape index (κ2) is 10.5. The zero-order valence-electron chi connectivity index (χ0n) is 22.5. The van der Waals surface area contributed by atoms with Crippen molar-refractivity contribution in [2.75, 3.05) is 51.7 Å². The number of imidazole rings is 1. The Hall–Kier alpha value is -4.22. The highest BCUT2D eigenvalue weighted by atomic mass is 16.5. The summed E-state index contributed by atoms with van der Waals surface area (Å²) in [5.41, 5.74) is 4.52. The fraction of sp³-hybridized carbons (Fsp3) is 0.357. The molecule has 0 radical (unpaired) electrons. The standard InChI is InChI=1S/C28H33N9O2/c1-20-27-23(5-4-6-24(27)37(31-20)19-21-7-9-34(3)32-21)30-28(38)25-18-29-26-17-22(8-10-36(25)26)39-16-15-35-13-11-33(2)12-14-35/h4-10,17-18H,11-16,19H2,1-3H3,(H,30,38). The number of carbonyl (C=O) groups excluding carboxylic acids is 1. The number of fused-ring (bicyclic) bond motifs is 2. The highest BCUT2D eigenvalue weighted by molar-refractivity contribution is 6.08. The molecule has 1 saturated heterocycles. The van der Waals surface area contributed by atoms with Crippen molar-refractivity contribution in [3.8, 4) is 5.75 Å². The molecular weight excluding hydrogens is 494 g/mol. The number of pyridine rings is 1. The third kappa shape index (κ3) is 5.23. The van der Waals surface area contributed by atoms with Crippen LogP contribution < -0.4 is 10.1 Å². The minimum Gasteiger partial charge on any atom is -0.492 e. The average molecular weight is 528 g/mol. The van der Waals surface area contributed by atoms with E-state index in [4.69, 9.17) is 9.84 Å². The van der Waals surface area contributed by atoms with Crippen LogP contribution >= 0.6 is 0 Å². The number of nitrogens with zero attached hydrogens (tertiary/aromatic N) is 8. The maximum absolute atomic E-state index is 13.3. The molecule has 0 bridgehead atoms. The van der Waals surface area contributed by atoms with Crippen LogP contribution in [0, 0.1) is 6.92 Å². The molecule has 1 N–H and O–H groups in total. The lowest BCUT2D eigenvalue weighted by Crippen LogP contribution is -2.45. The van der Waals surface area contributed by atoms with Gasteiger partial charge in [0, 0.05) is 63.6 Å². The molecule has 11 nitrogen and oxygen atoms in total. The number of hydrogen-bond donors (Lipinski definition) is 1. The van der Waals surface area contributed by atoms with E-state index in [1.54, 1.807) is 15.3 Å². The minimum absolute atomic E-state index is 0.240. The normalized spacial score (nSPS) is 14.8. The third-order valence-electron chi connectivity index (χ3n) is 7.27. The van der Waals surface area contributed by atoms with Crippen molar-refractivity contribution < 1.29 is 9.53 Å². The summed E-state index contributed by atoms with van der Waals surface area (Å²) in [6, 6.07) is 11.6. The summed E-state index contributed by atoms with van der Waals surface area (Å²) in [6.45, 7) is 8.32. The van der Waals surface area contributed by atoms with Crippen LogP contribution in [0.3, 0.4) is 0 Å². The largest absolute Gasteiger partial charge is 0.492 e. The number of benzene rings is 1. The number of nitrogens with one attached hydrogen (secondary N) is 1. The molecule has 0 aliphatic carbocycles. The SMILES string of the molecule is Cc1nn(Cc2ccn(C)n2)c2cccc(NC(=O)c3cnc4cc(OCCN5CCN(C)CC5)ccn34)c12. The molecule has 39 heavy (non-hydrogen) atoms. The van der Waals surface area contributed by atoms with E-state index in [-0.39, 0.29) is 5.91 Å². The monoisotopic (exact) mass is 527 g/mol. The van der Waals surface area contributed by atoms with E-state index in [2.05, 4.69) is 32.2 Å². The summed E-state index contributed by atoms with van der Waals surface area (Å²) >= 11 is 0. The van der Waals surface area contributed by atoms with Crippen LogP contribution in [0.2, 0.25) is 0 Å². The zero-order chi connectivity index (χ0) is 26.9. The van der Waals surface area contributed by atoms with Crippen molar-refractivity contribution >= 4 is 28.1 Å². The van der Waals surface area contributed by atoms with Gasteiger partial charge in [-0.05, 0) is 38.2 Å². The molecule has 6 rings (SSSR count). The molecule has 0 unspecified atom stereocenters. The molecule has 5 heterocycles. The summed E-state index contributed by atoms with van der Waals surface area (Å²) in [7, 11) is 4.05. The zero-order valence-corrected chi connectivity index (χ0v) is 22.5. The maximum atomic E-state index is 13.3. The van der Waals surface area contributed by atoms with Crippen LogP contribution in [0.15, 0.2) is 55.0 Å². The third-order valence-corrected chi connectivity index (χ3v) is 7.27. The molecule has 4 aromatic heterocycles. The molecule has 0 atom stereocenters. The number of anilines is 1. The maximum Gasteiger partial charge on any atom is 0.274 e. The first-order valence-corrected chi connectivity index (χ1v) is 13.2. The Balaban J connectivity index is 1.15. The summed E-state index contributed by atoms with van der Waals surface area (Å²) in [5, 5.41) is 13.2. The molecule has 0 spiro atoms. The van der Waals surface area contributed by atoms with Crippen molar-refractivity contribution in [3.05, 3.63) is 72.1 Å². The van der Waals surface area contributed by atoms with E-state index in [1.807, 2.05) is 67.4 Å². The van der Waals surface area contributed by atoms with Crippen LogP contribution in [0.5, 0.6) is 5.75 Å². The van der Waals surface area contributed by atoms with Crippen LogP contribution in [-0.4, -0.2) is 91.0 Å². The van der Waals surface area contributed by atoms with E-state index < -0.39 is 0 Å². The Bertz CT molecular complexity index is 1620. The lowest BCUT2D eigenvalue weighted by atomic mass is 10.1. The van der Waals surface area contributed by atoms with Crippen molar-refractivity contribution in [1.29, 1.82) is 0 Å². The Morgan fingerprint density at radius 3 is 2.69 bits per heavy atom. The van der Waals surface area contributed by atoms with Gasteiger partial charge in [-0.1, -0.05) is 6.07 Å². The number of amides is 1. The van der Waals surface area contributed by atoms with Gasteiger partial charge < -0.3 is 15.0 Å². The van der Waals surface area contributed by atoms with Gasteiger partial charge in [0.1, 0.15) is 23.7 Å². The van der Waals surface area contributed by atoms with Gasteiger partial charge in [-0.25, -0.2) is 4.98 Å². The van der Waals surface area contributed by atoms with Gasteiger partial charge in [0.2, 0.25) is 0 Å². The summed E-state index contributed by atoms with van der Waals surface area (Å²) in [5.74, 6) is 0.505. The number of aryl methyl sites for hydroxylation is 2. The average Bonchev–Trinajstić information content (AvgIpc) is 3.62. The summed E-state index contributed by atoms with van der Waals surface area (Å²) in [4.78, 5) is 22.6. The fourth-order valence-corrected chi connectivity index (χ4v) is 5.12. The molecule has 5 aromatic rings. The number of likely N-dealkylation sites (N-methyl/N-ethyl adjacent to an activating group) is 1. The van der Waals surface area contributed by atoms with Gasteiger partial charge in [0.25, 0.3) is 5.91 Å². The Morgan fingerprint density at radius 1 is 1.05 bits per heavy atom. The van der Waals surface area contributed by atoms with Gasteiger partial charge in [-0.2, -0.15) is 10.2 Å². The number of aromatic nitrogens is 6. The molecule has 1 amide bonds. The van der Waals surface area contributed by atoms with Gasteiger partial charge in [-0.3, -0.25) is 23.5 Å². The number of ether oxygens (including phenoxy) is 1. The molecule has 202 valence electrons. The molecule has 1 aliphatic heterocycles. The lowest BCUT2D eigenvalue weighted by molar-refractivity contribution is 0.102. The number of hydrogen-bond acceptors (Lipinski definition) is 7. The quantitative estimate of drug-likeness (QED) is 0.331. The van der Waals surface area contributed by atoms with Crippen molar-refractivity contribution in [2.24, 2.45) is 7.05 Å². The van der Waals surface area contributed by atoms with Crippen molar-refractivity contribution in [3.63, 3.8) is 0 Å². The first-order valence-electron chi connectivity index (χ1n) is 13.2. The molecule has 1 aliphatic rings. The fourth-order valence-electron chi connectivity index (χ4n) is 5.12. The molecular formula is C28H33N9O2. The first kappa shape index (κ1) is 25.1. The van der Waals surface area contributed by atoms with E-state index in [0.717, 1.165) is 60.8 Å². The summed E-state index contributed by atoms with van der Waals surface area (Å²) in [6.07, 6.45) is 5.34. The van der Waals surface area contributed by atoms with E-state index in [0.29, 0.717) is 30.2 Å². The van der Waals surface area contributed by atoms with Gasteiger partial charge in [-0.15, -0.1) is 0 Å². The number of rotatable bonds is 8. The van der Waals surface area contributed by atoms with Gasteiger partial charge >= 0.3 is 0 Å². The van der Waals surface area contributed by atoms with Crippen molar-refractivity contribution in [2.45, 2.75) is 13.5 Å². The lowest BCUT2D eigenvalue weighted by Gasteiger charge is -2.32. The van der Waals surface area contributed by atoms with Crippen LogP contribution in [0.1, 0.15) is 21.9 Å². The van der Waals surface area contributed by atoms with Crippen LogP contribution in [0.25, 0.3) is 16.6 Å². The smallest absolute Gasteiger partial charge is 0.274 e. The van der Waals surface area contributed by atoms with E-state index >= 15 is 0 Å². The van der Waals surface area contributed by atoms with E-state index in [9.17, 15) is 4.79 Å². The highest BCUT2D eigenvalue weighted by Crippen LogP contribution is 2.28. The van der Waals surface area contributed by atoms with Crippen molar-refractivity contribution in [1.82, 2.24) is 38.7 Å².